The van der Waals surface area contributed by atoms with Crippen LogP contribution in [0.4, 0.5) is 0 Å². The number of ether oxygens (including phenoxy) is 1. The molecule has 6 heteroatoms. The van der Waals surface area contributed by atoms with Crippen LogP contribution in [0.3, 0.4) is 0 Å². The fourth-order valence-electron chi connectivity index (χ4n) is 2.97. The summed E-state index contributed by atoms with van der Waals surface area (Å²) in [6.45, 7) is 4.05. The molecular weight excluding hydrogens is 340 g/mol. The van der Waals surface area contributed by atoms with Crippen molar-refractivity contribution in [2.24, 2.45) is 0 Å². The topological polar surface area (TPSA) is 69.4 Å². The van der Waals surface area contributed by atoms with Crippen LogP contribution in [0.2, 0.25) is 0 Å². The van der Waals surface area contributed by atoms with Crippen molar-refractivity contribution >= 4 is 11.6 Å². The monoisotopic (exact) mass is 358 g/mol. The maximum Gasteiger partial charge on any atom is 0.358 e. The van der Waals surface area contributed by atoms with Gasteiger partial charge in [0.05, 0.1) is 18.0 Å². The van der Waals surface area contributed by atoms with Gasteiger partial charge >= 0.3 is 5.97 Å². The summed E-state index contributed by atoms with van der Waals surface area (Å²) in [6, 6.07) is 13.6. The Balaban J connectivity index is 1.80. The van der Waals surface area contributed by atoms with Crippen molar-refractivity contribution in [1.29, 1.82) is 0 Å². The van der Waals surface area contributed by atoms with Crippen molar-refractivity contribution in [2.75, 3.05) is 6.61 Å². The van der Waals surface area contributed by atoms with Crippen LogP contribution in [0.1, 0.15) is 23.1 Å². The van der Waals surface area contributed by atoms with Crippen molar-refractivity contribution in [3.05, 3.63) is 72.4 Å². The van der Waals surface area contributed by atoms with E-state index in [0.29, 0.717) is 17.9 Å². The highest BCUT2D eigenvalue weighted by Crippen LogP contribution is 2.29. The van der Waals surface area contributed by atoms with Crippen LogP contribution >= 0.6 is 0 Å². The fraction of sp³-hybridized carbons (Fsp3) is 0.143. The average molecular weight is 358 g/mol. The van der Waals surface area contributed by atoms with Gasteiger partial charge in [-0.15, -0.1) is 0 Å². The molecule has 0 aliphatic rings. The van der Waals surface area contributed by atoms with Crippen LogP contribution in [0.15, 0.2) is 61.1 Å². The Morgan fingerprint density at radius 1 is 1.07 bits per heavy atom. The third kappa shape index (κ3) is 3.29. The Hall–Kier alpha value is -3.54. The van der Waals surface area contributed by atoms with E-state index in [-0.39, 0.29) is 0 Å². The Morgan fingerprint density at radius 2 is 1.96 bits per heavy atom. The number of esters is 1. The quantitative estimate of drug-likeness (QED) is 0.517. The molecule has 0 unspecified atom stereocenters. The molecule has 0 N–H and O–H groups in total. The van der Waals surface area contributed by atoms with Gasteiger partial charge in [-0.2, -0.15) is 0 Å². The van der Waals surface area contributed by atoms with Crippen LogP contribution < -0.4 is 0 Å². The summed E-state index contributed by atoms with van der Waals surface area (Å²) in [4.78, 5) is 25.4. The molecule has 6 nitrogen and oxygen atoms in total. The lowest BCUT2D eigenvalue weighted by atomic mass is 10.0. The summed E-state index contributed by atoms with van der Waals surface area (Å²) in [5.41, 5.74) is 5.47. The van der Waals surface area contributed by atoms with E-state index in [0.717, 1.165) is 28.2 Å². The molecule has 4 heterocycles. The van der Waals surface area contributed by atoms with Crippen molar-refractivity contribution in [3.8, 4) is 22.5 Å². The second-order valence-corrected chi connectivity index (χ2v) is 6.09. The molecule has 0 bridgehead atoms. The lowest BCUT2D eigenvalue weighted by Crippen LogP contribution is -2.04. The van der Waals surface area contributed by atoms with Crippen LogP contribution in [0.25, 0.3) is 28.2 Å². The minimum atomic E-state index is -0.422. The first kappa shape index (κ1) is 16.9. The largest absolute Gasteiger partial charge is 0.461 e. The number of imidazole rings is 1. The number of carbonyl (C=O) groups excluding carboxylic acids is 1. The molecule has 4 aromatic heterocycles. The van der Waals surface area contributed by atoms with Crippen LogP contribution in [-0.4, -0.2) is 31.9 Å². The molecule has 0 radical (unpaired) electrons. The molecule has 0 saturated heterocycles. The standard InChI is InChI=1S/C21H18N4O2/c1-3-27-21(26)18-13-25-12-15(9-10-19(25)24-18)16-7-5-11-22-20(16)17-8-4-6-14(2)23-17/h4-13H,3H2,1-2H3. The average Bonchev–Trinajstić information content (AvgIpc) is 3.12. The number of aromatic nitrogens is 4. The molecule has 4 aromatic rings. The zero-order valence-electron chi connectivity index (χ0n) is 15.1. The van der Waals surface area contributed by atoms with Gasteiger partial charge in [-0.1, -0.05) is 12.1 Å². The zero-order chi connectivity index (χ0) is 18.8. The Bertz CT molecular complexity index is 1130. The van der Waals surface area contributed by atoms with E-state index < -0.39 is 5.97 Å². The zero-order valence-corrected chi connectivity index (χ0v) is 15.1. The highest BCUT2D eigenvalue weighted by Gasteiger charge is 2.14. The molecule has 0 amide bonds. The first-order valence-electron chi connectivity index (χ1n) is 8.71. The van der Waals surface area contributed by atoms with Crippen molar-refractivity contribution in [1.82, 2.24) is 19.4 Å². The van der Waals surface area contributed by atoms with E-state index in [2.05, 4.69) is 15.0 Å². The predicted octanol–water partition coefficient (Wildman–Crippen LogP) is 3.94. The third-order valence-corrected chi connectivity index (χ3v) is 4.19. The highest BCUT2D eigenvalue weighted by molar-refractivity contribution is 5.88. The first-order valence-corrected chi connectivity index (χ1v) is 8.71. The van der Waals surface area contributed by atoms with Crippen molar-refractivity contribution in [2.45, 2.75) is 13.8 Å². The van der Waals surface area contributed by atoms with Crippen LogP contribution in [-0.2, 0) is 4.74 Å². The van der Waals surface area contributed by atoms with Crippen molar-refractivity contribution < 1.29 is 9.53 Å². The van der Waals surface area contributed by atoms with Crippen molar-refractivity contribution in [3.63, 3.8) is 0 Å². The number of hydrogen-bond acceptors (Lipinski definition) is 5. The second-order valence-electron chi connectivity index (χ2n) is 6.09. The minimum Gasteiger partial charge on any atom is -0.461 e. The number of pyridine rings is 3. The van der Waals surface area contributed by atoms with Gasteiger partial charge in [-0.05, 0) is 44.2 Å². The van der Waals surface area contributed by atoms with Gasteiger partial charge in [-0.25, -0.2) is 9.78 Å². The smallest absolute Gasteiger partial charge is 0.358 e. The molecule has 27 heavy (non-hydrogen) atoms. The molecule has 0 atom stereocenters. The summed E-state index contributed by atoms with van der Waals surface area (Å²) in [7, 11) is 0. The maximum absolute atomic E-state index is 11.9. The number of fused-ring (bicyclic) bond motifs is 1. The Labute approximate surface area is 156 Å². The summed E-state index contributed by atoms with van der Waals surface area (Å²) >= 11 is 0. The molecule has 0 aromatic carbocycles. The van der Waals surface area contributed by atoms with E-state index in [1.807, 2.05) is 60.0 Å². The number of hydrogen-bond donors (Lipinski definition) is 0. The van der Waals surface area contributed by atoms with Gasteiger partial charge in [0, 0.05) is 35.4 Å². The minimum absolute atomic E-state index is 0.292. The second kappa shape index (κ2) is 6.99. The summed E-state index contributed by atoms with van der Waals surface area (Å²) < 4.78 is 6.85. The van der Waals surface area contributed by atoms with Gasteiger partial charge in [0.25, 0.3) is 0 Å². The lowest BCUT2D eigenvalue weighted by Gasteiger charge is -2.09. The normalized spacial score (nSPS) is 10.9. The molecule has 0 aliphatic heterocycles. The third-order valence-electron chi connectivity index (χ3n) is 4.19. The molecule has 134 valence electrons. The highest BCUT2D eigenvalue weighted by atomic mass is 16.5. The number of nitrogens with zero attached hydrogens (tertiary/aromatic N) is 4. The van der Waals surface area contributed by atoms with Gasteiger partial charge < -0.3 is 9.14 Å². The SMILES string of the molecule is CCOC(=O)c1cn2cc(-c3cccnc3-c3cccc(C)n3)ccc2n1. The molecule has 0 aliphatic carbocycles. The molecule has 0 saturated carbocycles. The number of aryl methyl sites for hydroxylation is 1. The van der Waals surface area contributed by atoms with Crippen LogP contribution in [0, 0.1) is 6.92 Å². The summed E-state index contributed by atoms with van der Waals surface area (Å²) in [5.74, 6) is -0.422. The Kier molecular flexibility index (Phi) is 4.38. The summed E-state index contributed by atoms with van der Waals surface area (Å²) in [6.07, 6.45) is 5.37. The molecule has 0 spiro atoms. The number of rotatable bonds is 4. The molecular formula is C21H18N4O2. The first-order chi connectivity index (χ1) is 13.2. The van der Waals surface area contributed by atoms with E-state index in [1.54, 1.807) is 19.3 Å². The van der Waals surface area contributed by atoms with E-state index in [1.165, 1.54) is 0 Å². The van der Waals surface area contributed by atoms with E-state index in [4.69, 9.17) is 4.74 Å². The lowest BCUT2D eigenvalue weighted by molar-refractivity contribution is 0.0520. The van der Waals surface area contributed by atoms with E-state index in [9.17, 15) is 4.79 Å². The van der Waals surface area contributed by atoms with Gasteiger partial charge in [0.15, 0.2) is 5.69 Å². The fourth-order valence-corrected chi connectivity index (χ4v) is 2.97. The van der Waals surface area contributed by atoms with Gasteiger partial charge in [-0.3, -0.25) is 9.97 Å². The van der Waals surface area contributed by atoms with E-state index >= 15 is 0 Å². The summed E-state index contributed by atoms with van der Waals surface area (Å²) in [5, 5.41) is 0. The Morgan fingerprint density at radius 3 is 2.78 bits per heavy atom. The maximum atomic E-state index is 11.9. The number of carbonyl (C=O) groups is 1. The van der Waals surface area contributed by atoms with Crippen LogP contribution in [0.5, 0.6) is 0 Å². The molecule has 4 rings (SSSR count). The van der Waals surface area contributed by atoms with Gasteiger partial charge in [0.2, 0.25) is 0 Å². The predicted molar refractivity (Wildman–Crippen MR) is 102 cm³/mol. The molecule has 0 fully saturated rings. The van der Waals surface area contributed by atoms with Gasteiger partial charge in [0.1, 0.15) is 5.65 Å².